The minimum absolute atomic E-state index is 0.0262. The molecule has 1 aromatic carbocycles. The van der Waals surface area contributed by atoms with Gasteiger partial charge in [0, 0.05) is 49.7 Å². The van der Waals surface area contributed by atoms with E-state index in [2.05, 4.69) is 20.2 Å². The Hall–Kier alpha value is -1.93. The van der Waals surface area contributed by atoms with E-state index in [1.54, 1.807) is 0 Å². The molecule has 8 heteroatoms. The van der Waals surface area contributed by atoms with Crippen molar-refractivity contribution in [1.29, 1.82) is 0 Å². The number of carbonyl (C=O) groups is 1. The summed E-state index contributed by atoms with van der Waals surface area (Å²) in [5.41, 5.74) is 1.74. The molecule has 0 radical (unpaired) electrons. The molecular weight excluding hydrogens is 442 g/mol. The Morgan fingerprint density at radius 1 is 1.09 bits per heavy atom. The SMILES string of the molecule is Cc1nn(-c2ccccc2Cl)c2sc(C(=O)NC3CC(N4CCN(C5CC5)CC4)C3)cc12. The molecule has 6 nitrogen and oxygen atoms in total. The van der Waals surface area contributed by atoms with E-state index in [1.807, 2.05) is 41.9 Å². The predicted molar refractivity (Wildman–Crippen MR) is 129 cm³/mol. The van der Waals surface area contributed by atoms with Gasteiger partial charge in [0.05, 0.1) is 21.3 Å². The maximum atomic E-state index is 13.0. The van der Waals surface area contributed by atoms with E-state index in [0.717, 1.165) is 45.4 Å². The van der Waals surface area contributed by atoms with Crippen LogP contribution in [0.2, 0.25) is 5.02 Å². The van der Waals surface area contributed by atoms with Crippen LogP contribution in [0, 0.1) is 6.92 Å². The monoisotopic (exact) mass is 469 g/mol. The molecule has 0 bridgehead atoms. The summed E-state index contributed by atoms with van der Waals surface area (Å²) in [6.07, 6.45) is 4.91. The average molecular weight is 470 g/mol. The first-order valence-electron chi connectivity index (χ1n) is 11.6. The predicted octanol–water partition coefficient (Wildman–Crippen LogP) is 4.09. The van der Waals surface area contributed by atoms with Gasteiger partial charge in [-0.15, -0.1) is 11.3 Å². The van der Waals surface area contributed by atoms with Gasteiger partial charge in [-0.05, 0) is 50.8 Å². The summed E-state index contributed by atoms with van der Waals surface area (Å²) in [5, 5.41) is 9.57. The van der Waals surface area contributed by atoms with Crippen LogP contribution in [0.5, 0.6) is 0 Å². The van der Waals surface area contributed by atoms with Crippen molar-refractivity contribution < 1.29 is 4.79 Å². The Balaban J connectivity index is 1.09. The second-order valence-electron chi connectivity index (χ2n) is 9.38. The van der Waals surface area contributed by atoms with E-state index in [-0.39, 0.29) is 11.9 Å². The van der Waals surface area contributed by atoms with Gasteiger partial charge in [0.1, 0.15) is 4.83 Å². The smallest absolute Gasteiger partial charge is 0.261 e. The largest absolute Gasteiger partial charge is 0.348 e. The summed E-state index contributed by atoms with van der Waals surface area (Å²) in [6.45, 7) is 6.75. The number of carbonyl (C=O) groups excluding carboxylic acids is 1. The highest BCUT2D eigenvalue weighted by molar-refractivity contribution is 7.20. The fraction of sp³-hybridized carbons (Fsp3) is 0.500. The third kappa shape index (κ3) is 3.75. The lowest BCUT2D eigenvalue weighted by atomic mass is 9.85. The van der Waals surface area contributed by atoms with Gasteiger partial charge in [0.25, 0.3) is 5.91 Å². The number of fused-ring (bicyclic) bond motifs is 1. The van der Waals surface area contributed by atoms with Gasteiger partial charge in [0.15, 0.2) is 0 Å². The zero-order valence-corrected chi connectivity index (χ0v) is 19.8. The van der Waals surface area contributed by atoms with Crippen molar-refractivity contribution in [3.8, 4) is 5.69 Å². The highest BCUT2D eigenvalue weighted by Crippen LogP contribution is 2.34. The number of nitrogens with zero attached hydrogens (tertiary/aromatic N) is 4. The number of nitrogens with one attached hydrogen (secondary N) is 1. The van der Waals surface area contributed by atoms with Crippen LogP contribution in [0.4, 0.5) is 0 Å². The van der Waals surface area contributed by atoms with Crippen LogP contribution >= 0.6 is 22.9 Å². The molecule has 0 unspecified atom stereocenters. The summed E-state index contributed by atoms with van der Waals surface area (Å²) in [7, 11) is 0. The Morgan fingerprint density at radius 3 is 2.47 bits per heavy atom. The number of rotatable bonds is 5. The van der Waals surface area contributed by atoms with E-state index in [9.17, 15) is 4.79 Å². The molecule has 3 fully saturated rings. The summed E-state index contributed by atoms with van der Waals surface area (Å²) >= 11 is 7.88. The molecule has 0 atom stereocenters. The van der Waals surface area contributed by atoms with Crippen molar-refractivity contribution in [2.75, 3.05) is 26.2 Å². The molecule has 168 valence electrons. The van der Waals surface area contributed by atoms with Gasteiger partial charge >= 0.3 is 0 Å². The van der Waals surface area contributed by atoms with Gasteiger partial charge in [0.2, 0.25) is 0 Å². The molecule has 3 heterocycles. The van der Waals surface area contributed by atoms with Gasteiger partial charge in [-0.25, -0.2) is 4.68 Å². The molecule has 6 rings (SSSR count). The lowest BCUT2D eigenvalue weighted by Gasteiger charge is -2.46. The molecule has 0 spiro atoms. The van der Waals surface area contributed by atoms with E-state index in [1.165, 1.54) is 50.4 Å². The number of aryl methyl sites for hydroxylation is 1. The maximum Gasteiger partial charge on any atom is 0.261 e. The fourth-order valence-corrected chi connectivity index (χ4v) is 6.41. The van der Waals surface area contributed by atoms with E-state index in [0.29, 0.717) is 11.1 Å². The van der Waals surface area contributed by atoms with Crippen molar-refractivity contribution in [2.24, 2.45) is 0 Å². The van der Waals surface area contributed by atoms with Crippen molar-refractivity contribution in [3.05, 3.63) is 45.9 Å². The number of thiophene rings is 1. The molecule has 2 aromatic heterocycles. The fourth-order valence-electron chi connectivity index (χ4n) is 5.11. The second kappa shape index (κ2) is 8.13. The number of hydrogen-bond acceptors (Lipinski definition) is 5. The lowest BCUT2D eigenvalue weighted by Crippen LogP contribution is -2.58. The Bertz CT molecular complexity index is 1150. The first-order valence-corrected chi connectivity index (χ1v) is 12.8. The molecular formula is C24H28ClN5OS. The summed E-state index contributed by atoms with van der Waals surface area (Å²) < 4.78 is 1.86. The first kappa shape index (κ1) is 20.7. The van der Waals surface area contributed by atoms with Crippen LogP contribution < -0.4 is 5.32 Å². The normalized spacial score (nSPS) is 24.6. The quantitative estimate of drug-likeness (QED) is 0.611. The van der Waals surface area contributed by atoms with Crippen LogP contribution in [0.1, 0.15) is 41.0 Å². The van der Waals surface area contributed by atoms with Crippen molar-refractivity contribution >= 4 is 39.1 Å². The molecule has 1 N–H and O–H groups in total. The van der Waals surface area contributed by atoms with E-state index >= 15 is 0 Å². The summed E-state index contributed by atoms with van der Waals surface area (Å²) in [5.74, 6) is 0.0262. The number of amides is 1. The summed E-state index contributed by atoms with van der Waals surface area (Å²) in [6, 6.07) is 11.4. The highest BCUT2D eigenvalue weighted by atomic mass is 35.5. The minimum atomic E-state index is 0.0262. The highest BCUT2D eigenvalue weighted by Gasteiger charge is 2.38. The Kier molecular flexibility index (Phi) is 5.25. The van der Waals surface area contributed by atoms with Gasteiger partial charge in [-0.3, -0.25) is 14.6 Å². The van der Waals surface area contributed by atoms with Crippen LogP contribution in [0.3, 0.4) is 0 Å². The third-order valence-corrected chi connectivity index (χ3v) is 8.65. The second-order valence-corrected chi connectivity index (χ2v) is 10.8. The zero-order chi connectivity index (χ0) is 21.8. The number of halogens is 1. The Labute approximate surface area is 197 Å². The molecule has 3 aromatic rings. The van der Waals surface area contributed by atoms with Crippen LogP contribution in [-0.4, -0.2) is 69.8 Å². The molecule has 3 aliphatic rings. The van der Waals surface area contributed by atoms with E-state index < -0.39 is 0 Å². The molecule has 2 saturated carbocycles. The molecule has 1 saturated heterocycles. The van der Waals surface area contributed by atoms with Crippen molar-refractivity contribution in [1.82, 2.24) is 24.9 Å². The number of para-hydroxylation sites is 1. The Morgan fingerprint density at radius 2 is 1.78 bits per heavy atom. The lowest BCUT2D eigenvalue weighted by molar-refractivity contribution is 0.0409. The first-order chi connectivity index (χ1) is 15.6. The molecule has 1 amide bonds. The van der Waals surface area contributed by atoms with Crippen LogP contribution in [0.15, 0.2) is 30.3 Å². The molecule has 32 heavy (non-hydrogen) atoms. The van der Waals surface area contributed by atoms with E-state index in [4.69, 9.17) is 11.6 Å². The average Bonchev–Trinajstić information content (AvgIpc) is 3.45. The van der Waals surface area contributed by atoms with Gasteiger partial charge in [-0.2, -0.15) is 5.10 Å². The van der Waals surface area contributed by atoms with Crippen molar-refractivity contribution in [3.63, 3.8) is 0 Å². The topological polar surface area (TPSA) is 53.4 Å². The number of benzene rings is 1. The number of aromatic nitrogens is 2. The number of piperazine rings is 1. The maximum absolute atomic E-state index is 13.0. The van der Waals surface area contributed by atoms with Gasteiger partial charge in [-0.1, -0.05) is 23.7 Å². The molecule has 1 aliphatic heterocycles. The minimum Gasteiger partial charge on any atom is -0.348 e. The van der Waals surface area contributed by atoms with Crippen LogP contribution in [0.25, 0.3) is 15.9 Å². The zero-order valence-electron chi connectivity index (χ0n) is 18.3. The van der Waals surface area contributed by atoms with Gasteiger partial charge < -0.3 is 5.32 Å². The third-order valence-electron chi connectivity index (χ3n) is 7.23. The standard InChI is InChI=1S/C24H28ClN5OS/c1-15-19-14-22(32-24(19)30(27-15)21-5-3-2-4-20(21)25)23(31)26-16-12-18(13-16)29-10-8-28(9-11-29)17-6-7-17/h2-5,14,16-18H,6-13H2,1H3,(H,26,31). The van der Waals surface area contributed by atoms with Crippen molar-refractivity contribution in [2.45, 2.75) is 50.7 Å². The summed E-state index contributed by atoms with van der Waals surface area (Å²) in [4.78, 5) is 20.0. The molecule has 2 aliphatic carbocycles. The number of hydrogen-bond donors (Lipinski definition) is 1. The van der Waals surface area contributed by atoms with Crippen LogP contribution in [-0.2, 0) is 0 Å².